The van der Waals surface area contributed by atoms with E-state index in [1.165, 1.54) is 0 Å². The highest BCUT2D eigenvalue weighted by Crippen LogP contribution is 2.18. The fourth-order valence-electron chi connectivity index (χ4n) is 1.24. The molecule has 0 saturated carbocycles. The van der Waals surface area contributed by atoms with Crippen LogP contribution in [0, 0.1) is 0 Å². The van der Waals surface area contributed by atoms with E-state index in [1.54, 1.807) is 0 Å². The summed E-state index contributed by atoms with van der Waals surface area (Å²) in [5.41, 5.74) is 6.92. The van der Waals surface area contributed by atoms with Gasteiger partial charge in [-0.2, -0.15) is 0 Å². The maximum absolute atomic E-state index is 11.3. The summed E-state index contributed by atoms with van der Waals surface area (Å²) in [6.07, 6.45) is 1.15. The zero-order chi connectivity index (χ0) is 10.6. The first kappa shape index (κ1) is 10.9. The van der Waals surface area contributed by atoms with Gasteiger partial charge in [0.25, 0.3) is 5.91 Å². The van der Waals surface area contributed by atoms with Crippen molar-refractivity contribution in [2.45, 2.75) is 32.0 Å². The van der Waals surface area contributed by atoms with Crippen molar-refractivity contribution in [2.24, 2.45) is 5.73 Å². The van der Waals surface area contributed by atoms with E-state index < -0.39 is 12.0 Å². The Balaban J connectivity index is 2.18. The van der Waals surface area contributed by atoms with Crippen LogP contribution in [0.25, 0.3) is 0 Å². The highest BCUT2D eigenvalue weighted by Gasteiger charge is 2.28. The quantitative estimate of drug-likeness (QED) is 0.577. The van der Waals surface area contributed by atoms with Gasteiger partial charge >= 0.3 is 0 Å². The zero-order valence-corrected chi connectivity index (χ0v) is 7.99. The number of hydroxylamine groups is 1. The number of nitrogens with one attached hydrogen (secondary N) is 1. The maximum Gasteiger partial charge on any atom is 0.272 e. The van der Waals surface area contributed by atoms with Crippen LogP contribution >= 0.6 is 0 Å². The number of hydrogen-bond acceptors (Lipinski definition) is 4. The van der Waals surface area contributed by atoms with Gasteiger partial charge in [0.05, 0.1) is 6.10 Å². The third-order valence-corrected chi connectivity index (χ3v) is 1.91. The number of carbonyl (C=O) groups excluding carboxylic acids is 2. The number of primary amides is 1. The van der Waals surface area contributed by atoms with Crippen molar-refractivity contribution in [3.63, 3.8) is 0 Å². The van der Waals surface area contributed by atoms with Crippen molar-refractivity contribution >= 4 is 11.8 Å². The van der Waals surface area contributed by atoms with E-state index >= 15 is 0 Å². The van der Waals surface area contributed by atoms with E-state index in [9.17, 15) is 9.59 Å². The Bertz CT molecular complexity index is 231. The third kappa shape index (κ3) is 3.31. The summed E-state index contributed by atoms with van der Waals surface area (Å²) in [6.45, 7) is 1.57. The summed E-state index contributed by atoms with van der Waals surface area (Å²) in [6, 6.07) is 0. The SMILES string of the molecule is CC1CCC(C(=O)NOCC(N)=O)O1. The van der Waals surface area contributed by atoms with Gasteiger partial charge in [0.1, 0.15) is 6.10 Å². The molecule has 0 aromatic carbocycles. The normalized spacial score (nSPS) is 26.1. The van der Waals surface area contributed by atoms with Crippen molar-refractivity contribution in [3.8, 4) is 0 Å². The van der Waals surface area contributed by atoms with Gasteiger partial charge in [0, 0.05) is 0 Å². The van der Waals surface area contributed by atoms with Crippen molar-refractivity contribution < 1.29 is 19.2 Å². The lowest BCUT2D eigenvalue weighted by atomic mass is 10.2. The van der Waals surface area contributed by atoms with Gasteiger partial charge in [0.2, 0.25) is 5.91 Å². The fourth-order valence-corrected chi connectivity index (χ4v) is 1.24. The molecule has 2 unspecified atom stereocenters. The molecule has 0 spiro atoms. The smallest absolute Gasteiger partial charge is 0.272 e. The van der Waals surface area contributed by atoms with Gasteiger partial charge in [-0.1, -0.05) is 0 Å². The van der Waals surface area contributed by atoms with Crippen LogP contribution in [0.1, 0.15) is 19.8 Å². The van der Waals surface area contributed by atoms with Crippen LogP contribution in [0.5, 0.6) is 0 Å². The van der Waals surface area contributed by atoms with Gasteiger partial charge < -0.3 is 10.5 Å². The Kier molecular flexibility index (Phi) is 3.84. The Morgan fingerprint density at radius 3 is 2.79 bits per heavy atom. The van der Waals surface area contributed by atoms with Crippen LogP contribution in [0.3, 0.4) is 0 Å². The molecule has 14 heavy (non-hydrogen) atoms. The minimum Gasteiger partial charge on any atom is -0.368 e. The molecule has 2 amide bonds. The predicted molar refractivity (Wildman–Crippen MR) is 46.9 cm³/mol. The lowest BCUT2D eigenvalue weighted by Gasteiger charge is -2.10. The number of amides is 2. The Morgan fingerprint density at radius 1 is 1.57 bits per heavy atom. The number of ether oxygens (including phenoxy) is 1. The van der Waals surface area contributed by atoms with Gasteiger partial charge in [0.15, 0.2) is 6.61 Å². The summed E-state index contributed by atoms with van der Waals surface area (Å²) in [5.74, 6) is -0.999. The third-order valence-electron chi connectivity index (χ3n) is 1.91. The summed E-state index contributed by atoms with van der Waals surface area (Å²) < 4.78 is 5.27. The molecule has 6 nitrogen and oxygen atoms in total. The maximum atomic E-state index is 11.3. The van der Waals surface area contributed by atoms with Gasteiger partial charge in [-0.25, -0.2) is 5.48 Å². The first-order chi connectivity index (χ1) is 6.59. The summed E-state index contributed by atoms with van der Waals surface area (Å²) in [7, 11) is 0. The van der Waals surface area contributed by atoms with E-state index in [2.05, 4.69) is 10.3 Å². The largest absolute Gasteiger partial charge is 0.368 e. The lowest BCUT2D eigenvalue weighted by molar-refractivity contribution is -0.146. The highest BCUT2D eigenvalue weighted by atomic mass is 16.7. The van der Waals surface area contributed by atoms with Crippen LogP contribution in [-0.2, 0) is 19.2 Å². The number of carbonyl (C=O) groups is 2. The van der Waals surface area contributed by atoms with E-state index in [4.69, 9.17) is 10.5 Å². The molecule has 1 rings (SSSR count). The molecule has 1 fully saturated rings. The Hall–Kier alpha value is -1.14. The van der Waals surface area contributed by atoms with Crippen molar-refractivity contribution in [2.75, 3.05) is 6.61 Å². The summed E-state index contributed by atoms with van der Waals surface area (Å²) >= 11 is 0. The van der Waals surface area contributed by atoms with Crippen molar-refractivity contribution in [1.29, 1.82) is 0 Å². The van der Waals surface area contributed by atoms with E-state index in [-0.39, 0.29) is 18.6 Å². The van der Waals surface area contributed by atoms with Gasteiger partial charge in [-0.3, -0.25) is 14.4 Å². The fraction of sp³-hybridized carbons (Fsp3) is 0.750. The van der Waals surface area contributed by atoms with E-state index in [0.29, 0.717) is 6.42 Å². The molecule has 1 aliphatic rings. The average Bonchev–Trinajstić information content (AvgIpc) is 2.51. The monoisotopic (exact) mass is 202 g/mol. The minimum atomic E-state index is -0.633. The summed E-state index contributed by atoms with van der Waals surface area (Å²) in [4.78, 5) is 26.1. The highest BCUT2D eigenvalue weighted by molar-refractivity contribution is 5.80. The second kappa shape index (κ2) is 4.92. The Labute approximate surface area is 81.7 Å². The minimum absolute atomic E-state index is 0.0990. The van der Waals surface area contributed by atoms with Crippen LogP contribution < -0.4 is 11.2 Å². The molecule has 0 aromatic rings. The molecule has 0 aliphatic carbocycles. The molecule has 1 saturated heterocycles. The number of nitrogens with two attached hydrogens (primary N) is 1. The average molecular weight is 202 g/mol. The van der Waals surface area contributed by atoms with Crippen LogP contribution in [0.15, 0.2) is 0 Å². The molecular weight excluding hydrogens is 188 g/mol. The molecule has 3 N–H and O–H groups in total. The van der Waals surface area contributed by atoms with Gasteiger partial charge in [-0.15, -0.1) is 0 Å². The standard InChI is InChI=1S/C8H14N2O4/c1-5-2-3-6(14-5)8(12)10-13-4-7(9)11/h5-6H,2-4H2,1H3,(H2,9,11)(H,10,12). The number of hydrogen-bond donors (Lipinski definition) is 2. The van der Waals surface area contributed by atoms with Crippen LogP contribution in [0.2, 0.25) is 0 Å². The second-order valence-corrected chi connectivity index (χ2v) is 3.23. The topological polar surface area (TPSA) is 90.6 Å². The molecule has 1 aliphatic heterocycles. The first-order valence-electron chi connectivity index (χ1n) is 4.45. The van der Waals surface area contributed by atoms with Crippen LogP contribution in [-0.4, -0.2) is 30.6 Å². The van der Waals surface area contributed by atoms with Crippen LogP contribution in [0.4, 0.5) is 0 Å². The lowest BCUT2D eigenvalue weighted by Crippen LogP contribution is -2.36. The Morgan fingerprint density at radius 2 is 2.29 bits per heavy atom. The van der Waals surface area contributed by atoms with Crippen molar-refractivity contribution in [3.05, 3.63) is 0 Å². The predicted octanol–water partition coefficient (Wildman–Crippen LogP) is -0.913. The second-order valence-electron chi connectivity index (χ2n) is 3.23. The molecule has 0 bridgehead atoms. The molecule has 1 heterocycles. The number of rotatable bonds is 4. The summed E-state index contributed by atoms with van der Waals surface area (Å²) in [5, 5.41) is 0. The molecular formula is C8H14N2O4. The molecule has 6 heteroatoms. The van der Waals surface area contributed by atoms with Gasteiger partial charge in [-0.05, 0) is 19.8 Å². The molecule has 0 radical (unpaired) electrons. The van der Waals surface area contributed by atoms with Crippen molar-refractivity contribution in [1.82, 2.24) is 5.48 Å². The zero-order valence-electron chi connectivity index (χ0n) is 7.99. The molecule has 0 aromatic heterocycles. The first-order valence-corrected chi connectivity index (χ1v) is 4.45. The molecule has 80 valence electrons. The van der Waals surface area contributed by atoms with E-state index in [0.717, 1.165) is 6.42 Å². The molecule has 2 atom stereocenters. The van der Waals surface area contributed by atoms with E-state index in [1.807, 2.05) is 6.92 Å².